The molecule has 172 valence electrons. The summed E-state index contributed by atoms with van der Waals surface area (Å²) in [6.07, 6.45) is 1.94. The molecule has 0 unspecified atom stereocenters. The third kappa shape index (κ3) is 5.15. The molecule has 0 aliphatic heterocycles. The van der Waals surface area contributed by atoms with Crippen LogP contribution in [0.2, 0.25) is 5.02 Å². The smallest absolute Gasteiger partial charge is 0.264 e. The van der Waals surface area contributed by atoms with Crippen LogP contribution in [-0.4, -0.2) is 37.0 Å². The highest BCUT2D eigenvalue weighted by atomic mass is 35.5. The van der Waals surface area contributed by atoms with E-state index < -0.39 is 0 Å². The predicted molar refractivity (Wildman–Crippen MR) is 131 cm³/mol. The first-order valence-electron chi connectivity index (χ1n) is 10.6. The molecule has 0 spiro atoms. The number of thiophene rings is 1. The highest BCUT2D eigenvalue weighted by molar-refractivity contribution is 7.18. The van der Waals surface area contributed by atoms with Crippen LogP contribution >= 0.6 is 22.9 Å². The molecular formula is C25H25ClN2O4S. The van der Waals surface area contributed by atoms with E-state index in [-0.39, 0.29) is 17.9 Å². The number of aryl methyl sites for hydroxylation is 1. The van der Waals surface area contributed by atoms with Gasteiger partial charge in [0.05, 0.1) is 41.2 Å². The van der Waals surface area contributed by atoms with E-state index in [1.165, 1.54) is 11.3 Å². The Labute approximate surface area is 202 Å². The Morgan fingerprint density at radius 1 is 1.12 bits per heavy atom. The molecule has 8 heteroatoms. The van der Waals surface area contributed by atoms with Crippen molar-refractivity contribution in [3.05, 3.63) is 75.1 Å². The van der Waals surface area contributed by atoms with Gasteiger partial charge in [0.2, 0.25) is 0 Å². The number of methoxy groups -OCH3 is 2. The molecule has 0 radical (unpaired) electrons. The average Bonchev–Trinajstić information content (AvgIpc) is 3.59. The lowest BCUT2D eigenvalue weighted by Crippen LogP contribution is -2.32. The largest absolute Gasteiger partial charge is 0.497 e. The number of nitrogens with zero attached hydrogens (tertiary/aromatic N) is 1. The second-order valence-electron chi connectivity index (χ2n) is 7.90. The van der Waals surface area contributed by atoms with Crippen molar-refractivity contribution in [2.75, 3.05) is 19.5 Å². The van der Waals surface area contributed by atoms with Crippen LogP contribution in [0.1, 0.15) is 44.0 Å². The number of hydrogen-bond donors (Lipinski definition) is 1. The molecular weight excluding hydrogens is 460 g/mol. The number of anilines is 1. The maximum absolute atomic E-state index is 13.6. The number of rotatable bonds is 8. The van der Waals surface area contributed by atoms with Gasteiger partial charge in [-0.2, -0.15) is 0 Å². The third-order valence-electron chi connectivity index (χ3n) is 5.54. The predicted octanol–water partition coefficient (Wildman–Crippen LogP) is 5.78. The van der Waals surface area contributed by atoms with Crippen LogP contribution in [-0.2, 0) is 6.54 Å². The van der Waals surface area contributed by atoms with Gasteiger partial charge in [-0.1, -0.05) is 23.7 Å². The first-order valence-corrected chi connectivity index (χ1v) is 11.8. The molecule has 1 saturated carbocycles. The third-order valence-corrected chi connectivity index (χ3v) is 7.01. The van der Waals surface area contributed by atoms with Crippen LogP contribution in [0.4, 0.5) is 5.00 Å². The summed E-state index contributed by atoms with van der Waals surface area (Å²) in [7, 11) is 3.23. The van der Waals surface area contributed by atoms with Crippen molar-refractivity contribution in [1.82, 2.24) is 4.90 Å². The molecule has 0 atom stereocenters. The van der Waals surface area contributed by atoms with Gasteiger partial charge >= 0.3 is 0 Å². The Hall–Kier alpha value is -3.03. The molecule has 33 heavy (non-hydrogen) atoms. The van der Waals surface area contributed by atoms with Crippen LogP contribution < -0.4 is 14.8 Å². The fourth-order valence-corrected chi connectivity index (χ4v) is 4.90. The monoisotopic (exact) mass is 484 g/mol. The molecule has 2 amide bonds. The zero-order valence-electron chi connectivity index (χ0n) is 18.7. The molecule has 1 aliphatic carbocycles. The van der Waals surface area contributed by atoms with Gasteiger partial charge in [-0.25, -0.2) is 0 Å². The molecule has 1 heterocycles. The van der Waals surface area contributed by atoms with Crippen molar-refractivity contribution >= 4 is 39.8 Å². The molecule has 0 saturated heterocycles. The molecule has 1 aliphatic rings. The summed E-state index contributed by atoms with van der Waals surface area (Å²) in [4.78, 5) is 28.7. The van der Waals surface area contributed by atoms with E-state index in [4.69, 9.17) is 21.1 Å². The van der Waals surface area contributed by atoms with Gasteiger partial charge in [0.1, 0.15) is 11.5 Å². The first-order chi connectivity index (χ1) is 15.9. The Kier molecular flexibility index (Phi) is 6.91. The van der Waals surface area contributed by atoms with Crippen molar-refractivity contribution < 1.29 is 19.1 Å². The Bertz CT molecular complexity index is 1190. The lowest BCUT2D eigenvalue weighted by atomic mass is 10.1. The lowest BCUT2D eigenvalue weighted by molar-refractivity contribution is 0.0732. The number of ether oxygens (including phenoxy) is 2. The zero-order valence-corrected chi connectivity index (χ0v) is 20.3. The summed E-state index contributed by atoms with van der Waals surface area (Å²) in [5, 5.41) is 3.86. The van der Waals surface area contributed by atoms with Gasteiger partial charge in [-0.15, -0.1) is 11.3 Å². The van der Waals surface area contributed by atoms with Gasteiger partial charge in [0, 0.05) is 11.6 Å². The molecule has 1 N–H and O–H groups in total. The summed E-state index contributed by atoms with van der Waals surface area (Å²) in [5.74, 6) is 1.07. The van der Waals surface area contributed by atoms with Crippen molar-refractivity contribution in [3.63, 3.8) is 0 Å². The van der Waals surface area contributed by atoms with E-state index in [2.05, 4.69) is 5.32 Å². The van der Waals surface area contributed by atoms with Gasteiger partial charge in [0.15, 0.2) is 0 Å². The molecule has 2 aromatic carbocycles. The van der Waals surface area contributed by atoms with Crippen LogP contribution in [0.25, 0.3) is 0 Å². The van der Waals surface area contributed by atoms with E-state index >= 15 is 0 Å². The normalized spacial score (nSPS) is 12.8. The SMILES string of the molecule is COc1ccc(OC)c(CN(C(=O)c2sc(NC(=O)c3ccccc3Cl)cc2C)C2CC2)c1. The van der Waals surface area contributed by atoms with E-state index in [9.17, 15) is 9.59 Å². The van der Waals surface area contributed by atoms with E-state index in [1.54, 1.807) is 38.5 Å². The van der Waals surface area contributed by atoms with E-state index in [0.717, 1.165) is 24.0 Å². The highest BCUT2D eigenvalue weighted by Gasteiger charge is 2.35. The molecule has 0 bridgehead atoms. The second-order valence-corrected chi connectivity index (χ2v) is 9.36. The minimum atomic E-state index is -0.305. The number of hydrogen-bond acceptors (Lipinski definition) is 5. The van der Waals surface area contributed by atoms with E-state index in [0.29, 0.717) is 38.5 Å². The fourth-order valence-electron chi connectivity index (χ4n) is 3.65. The van der Waals surface area contributed by atoms with Crippen molar-refractivity contribution in [2.45, 2.75) is 32.4 Å². The lowest BCUT2D eigenvalue weighted by Gasteiger charge is -2.23. The number of carbonyl (C=O) groups excluding carboxylic acids is 2. The molecule has 3 aromatic rings. The first kappa shape index (κ1) is 23.1. The van der Waals surface area contributed by atoms with Crippen LogP contribution in [0.15, 0.2) is 48.5 Å². The van der Waals surface area contributed by atoms with Crippen molar-refractivity contribution in [3.8, 4) is 11.5 Å². The van der Waals surface area contributed by atoms with Gasteiger partial charge in [0.25, 0.3) is 11.8 Å². The molecule has 6 nitrogen and oxygen atoms in total. The fraction of sp³-hybridized carbons (Fsp3) is 0.280. The number of nitrogens with one attached hydrogen (secondary N) is 1. The highest BCUT2D eigenvalue weighted by Crippen LogP contribution is 2.36. The van der Waals surface area contributed by atoms with Crippen molar-refractivity contribution in [2.24, 2.45) is 0 Å². The summed E-state index contributed by atoms with van der Waals surface area (Å²) in [6, 6.07) is 14.5. The maximum Gasteiger partial charge on any atom is 0.264 e. The number of carbonyl (C=O) groups is 2. The number of amides is 2. The molecule has 1 aromatic heterocycles. The maximum atomic E-state index is 13.6. The summed E-state index contributed by atoms with van der Waals surface area (Å²) >= 11 is 7.42. The summed E-state index contributed by atoms with van der Waals surface area (Å²) < 4.78 is 10.9. The number of halogens is 1. The zero-order chi connectivity index (χ0) is 23.5. The minimum Gasteiger partial charge on any atom is -0.497 e. The Morgan fingerprint density at radius 3 is 2.55 bits per heavy atom. The molecule has 1 fully saturated rings. The van der Waals surface area contributed by atoms with Gasteiger partial charge in [-0.3, -0.25) is 9.59 Å². The van der Waals surface area contributed by atoms with Gasteiger partial charge < -0.3 is 19.7 Å². The van der Waals surface area contributed by atoms with Crippen LogP contribution in [0.3, 0.4) is 0 Å². The van der Waals surface area contributed by atoms with Crippen LogP contribution in [0, 0.1) is 6.92 Å². The van der Waals surface area contributed by atoms with Crippen LogP contribution in [0.5, 0.6) is 11.5 Å². The van der Waals surface area contributed by atoms with Crippen molar-refractivity contribution in [1.29, 1.82) is 0 Å². The Balaban J connectivity index is 1.56. The standard InChI is InChI=1S/C25H25ClN2O4S/c1-15-12-22(27-24(29)19-6-4-5-7-20(19)26)33-23(15)25(30)28(17-8-9-17)14-16-13-18(31-2)10-11-21(16)32-3/h4-7,10-13,17H,8-9,14H2,1-3H3,(H,27,29). The summed E-state index contributed by atoms with van der Waals surface area (Å²) in [5.41, 5.74) is 2.10. The second kappa shape index (κ2) is 9.85. The quantitative estimate of drug-likeness (QED) is 0.439. The van der Waals surface area contributed by atoms with Gasteiger partial charge in [-0.05, 0) is 61.7 Å². The number of benzene rings is 2. The summed E-state index contributed by atoms with van der Waals surface area (Å²) in [6.45, 7) is 2.30. The average molecular weight is 485 g/mol. The van der Waals surface area contributed by atoms with E-state index in [1.807, 2.05) is 36.1 Å². The minimum absolute atomic E-state index is 0.0527. The molecule has 4 rings (SSSR count). The topological polar surface area (TPSA) is 67.9 Å². The Morgan fingerprint density at radius 2 is 1.88 bits per heavy atom.